The zero-order valence-electron chi connectivity index (χ0n) is 15.8. The van der Waals surface area contributed by atoms with E-state index in [1.807, 2.05) is 0 Å². The molecule has 158 valence electrons. The number of hydroxylamine groups is 2. The van der Waals surface area contributed by atoms with Gasteiger partial charge in [-0.05, 0) is 30.3 Å². The van der Waals surface area contributed by atoms with E-state index in [0.29, 0.717) is 22.0 Å². The highest BCUT2D eigenvalue weighted by atomic mass is 35.5. The van der Waals surface area contributed by atoms with Gasteiger partial charge in [0.25, 0.3) is 0 Å². The van der Waals surface area contributed by atoms with Gasteiger partial charge in [0.2, 0.25) is 15.9 Å². The maximum absolute atomic E-state index is 13.6. The summed E-state index contributed by atoms with van der Waals surface area (Å²) in [6, 6.07) is 11.7. The summed E-state index contributed by atoms with van der Waals surface area (Å²) in [6.45, 7) is 0. The van der Waals surface area contributed by atoms with Crippen molar-refractivity contribution in [1.82, 2.24) is 5.06 Å². The van der Waals surface area contributed by atoms with Crippen molar-refractivity contribution in [3.63, 3.8) is 0 Å². The minimum absolute atomic E-state index is 0.0413. The van der Waals surface area contributed by atoms with Crippen LogP contribution in [0.25, 0.3) is 22.5 Å². The summed E-state index contributed by atoms with van der Waals surface area (Å²) in [5.74, 6) is -0.535. The lowest BCUT2D eigenvalue weighted by atomic mass is 10.0. The molecule has 0 radical (unpaired) electrons. The molecule has 0 atom stereocenters. The third-order valence-corrected chi connectivity index (χ3v) is 5.65. The number of aryl methyl sites for hydroxylation is 1. The lowest BCUT2D eigenvalue weighted by Crippen LogP contribution is -2.22. The van der Waals surface area contributed by atoms with Gasteiger partial charge in [-0.25, -0.2) is 23.0 Å². The number of hydrogen-bond donors (Lipinski definition) is 2. The van der Waals surface area contributed by atoms with Crippen molar-refractivity contribution in [1.29, 1.82) is 0 Å². The van der Waals surface area contributed by atoms with Crippen LogP contribution in [0.5, 0.6) is 0 Å². The van der Waals surface area contributed by atoms with Gasteiger partial charge >= 0.3 is 0 Å². The molecular weight excluding hydrogens is 435 g/mol. The third-order valence-electron chi connectivity index (χ3n) is 4.39. The van der Waals surface area contributed by atoms with Gasteiger partial charge in [0.05, 0.1) is 9.92 Å². The molecule has 0 unspecified atom stereocenters. The predicted molar refractivity (Wildman–Crippen MR) is 109 cm³/mol. The van der Waals surface area contributed by atoms with Crippen molar-refractivity contribution in [2.75, 3.05) is 7.05 Å². The van der Waals surface area contributed by atoms with Gasteiger partial charge in [-0.15, -0.1) is 0 Å². The highest BCUT2D eigenvalue weighted by molar-refractivity contribution is 7.89. The summed E-state index contributed by atoms with van der Waals surface area (Å²) in [7, 11) is -2.83. The average molecular weight is 453 g/mol. The Morgan fingerprint density at radius 1 is 1.20 bits per heavy atom. The van der Waals surface area contributed by atoms with E-state index in [1.54, 1.807) is 18.2 Å². The maximum Gasteiger partial charge on any atom is 0.246 e. The van der Waals surface area contributed by atoms with Crippen LogP contribution in [0.2, 0.25) is 5.02 Å². The molecule has 2 aromatic carbocycles. The molecule has 10 heteroatoms. The fraction of sp³-hybridized carbons (Fsp3) is 0.150. The monoisotopic (exact) mass is 452 g/mol. The molecule has 0 bridgehead atoms. The largest absolute Gasteiger partial charge is 0.460 e. The topological polar surface area (TPSA) is 114 Å². The van der Waals surface area contributed by atoms with Crippen LogP contribution in [0.1, 0.15) is 12.2 Å². The van der Waals surface area contributed by atoms with E-state index in [-0.39, 0.29) is 34.1 Å². The first-order valence-electron chi connectivity index (χ1n) is 8.73. The van der Waals surface area contributed by atoms with Crippen molar-refractivity contribution in [2.24, 2.45) is 5.14 Å². The van der Waals surface area contributed by atoms with Crippen LogP contribution >= 0.6 is 11.6 Å². The Kier molecular flexibility index (Phi) is 6.27. The Hall–Kier alpha value is -2.72. The van der Waals surface area contributed by atoms with Crippen molar-refractivity contribution in [3.8, 4) is 22.5 Å². The molecule has 7 nitrogen and oxygen atoms in total. The number of nitrogens with zero attached hydrogens (tertiary/aromatic N) is 1. The summed E-state index contributed by atoms with van der Waals surface area (Å²) < 4.78 is 43.6. The average Bonchev–Trinajstić information content (AvgIpc) is 3.11. The van der Waals surface area contributed by atoms with Crippen LogP contribution < -0.4 is 5.14 Å². The second-order valence-corrected chi connectivity index (χ2v) is 8.48. The van der Waals surface area contributed by atoms with Gasteiger partial charge in [-0.3, -0.25) is 10.0 Å². The van der Waals surface area contributed by atoms with Crippen LogP contribution in [-0.2, 0) is 21.2 Å². The number of furan rings is 1. The first kappa shape index (κ1) is 22.0. The number of benzene rings is 2. The first-order chi connectivity index (χ1) is 14.1. The Labute approximate surface area is 177 Å². The minimum atomic E-state index is -4.04. The molecule has 0 spiro atoms. The number of carbonyl (C=O) groups is 1. The molecule has 0 aliphatic heterocycles. The Bertz CT molecular complexity index is 1210. The minimum Gasteiger partial charge on any atom is -0.460 e. The van der Waals surface area contributed by atoms with E-state index in [4.69, 9.17) is 21.2 Å². The van der Waals surface area contributed by atoms with E-state index in [1.165, 1.54) is 37.4 Å². The van der Waals surface area contributed by atoms with Gasteiger partial charge in [0.1, 0.15) is 17.3 Å². The van der Waals surface area contributed by atoms with Crippen LogP contribution in [0.3, 0.4) is 0 Å². The Morgan fingerprint density at radius 3 is 2.53 bits per heavy atom. The number of halogens is 2. The molecule has 30 heavy (non-hydrogen) atoms. The van der Waals surface area contributed by atoms with Crippen molar-refractivity contribution in [3.05, 3.63) is 65.1 Å². The van der Waals surface area contributed by atoms with Gasteiger partial charge in [0.15, 0.2) is 0 Å². The Balaban J connectivity index is 2.16. The molecule has 1 heterocycles. The molecule has 1 aromatic heterocycles. The molecular formula is C20H18ClFN2O5S. The van der Waals surface area contributed by atoms with Crippen molar-refractivity contribution < 1.29 is 27.2 Å². The van der Waals surface area contributed by atoms with E-state index < -0.39 is 21.7 Å². The number of rotatable bonds is 6. The highest BCUT2D eigenvalue weighted by Crippen LogP contribution is 2.39. The summed E-state index contributed by atoms with van der Waals surface area (Å²) in [6.07, 6.45) is 0.101. The number of carbonyl (C=O) groups excluding carboxylic acids is 1. The lowest BCUT2D eigenvalue weighted by Gasteiger charge is -2.08. The number of hydrogen-bond acceptors (Lipinski definition) is 5. The fourth-order valence-electron chi connectivity index (χ4n) is 2.95. The Morgan fingerprint density at radius 2 is 1.90 bits per heavy atom. The molecule has 0 fully saturated rings. The van der Waals surface area contributed by atoms with Crippen LogP contribution in [-0.4, -0.2) is 31.6 Å². The SMILES string of the molecule is CN(O)C(=O)CCc1cc(-c2ccccc2S(N)(=O)=O)c(-c2ccc(F)c(Cl)c2)o1. The zero-order valence-corrected chi connectivity index (χ0v) is 17.4. The quantitative estimate of drug-likeness (QED) is 0.435. The van der Waals surface area contributed by atoms with Gasteiger partial charge in [-0.1, -0.05) is 29.8 Å². The normalized spacial score (nSPS) is 11.5. The third kappa shape index (κ3) is 4.71. The van der Waals surface area contributed by atoms with Gasteiger partial charge in [-0.2, -0.15) is 0 Å². The van der Waals surface area contributed by atoms with Crippen LogP contribution in [0.15, 0.2) is 57.8 Å². The summed E-state index contributed by atoms with van der Waals surface area (Å²) >= 11 is 5.90. The molecule has 1 amide bonds. The van der Waals surface area contributed by atoms with Crippen LogP contribution in [0, 0.1) is 5.82 Å². The zero-order chi connectivity index (χ0) is 22.1. The highest BCUT2D eigenvalue weighted by Gasteiger charge is 2.22. The smallest absolute Gasteiger partial charge is 0.246 e. The lowest BCUT2D eigenvalue weighted by molar-refractivity contribution is -0.159. The van der Waals surface area contributed by atoms with E-state index in [9.17, 15) is 22.8 Å². The summed E-state index contributed by atoms with van der Waals surface area (Å²) in [4.78, 5) is 11.6. The standard InChI is InChI=1S/C20H18ClFN2O5S/c1-24(26)19(25)9-7-13-11-15(14-4-2-3-5-18(14)30(23,27)28)20(29-13)12-6-8-17(22)16(21)10-12/h2-6,8,10-11,26H,7,9H2,1H3,(H2,23,27,28). The van der Waals surface area contributed by atoms with E-state index >= 15 is 0 Å². The van der Waals surface area contributed by atoms with Crippen molar-refractivity contribution in [2.45, 2.75) is 17.7 Å². The summed E-state index contributed by atoms with van der Waals surface area (Å²) in [5.41, 5.74) is 1.09. The number of nitrogens with two attached hydrogens (primary N) is 1. The van der Waals surface area contributed by atoms with E-state index in [2.05, 4.69) is 0 Å². The number of sulfonamides is 1. The number of primary sulfonamides is 1. The fourth-order valence-corrected chi connectivity index (χ4v) is 3.88. The molecule has 0 saturated heterocycles. The van der Waals surface area contributed by atoms with Gasteiger partial charge in [0, 0.05) is 36.6 Å². The molecule has 0 aliphatic carbocycles. The second-order valence-electron chi connectivity index (χ2n) is 6.54. The second kappa shape index (κ2) is 8.57. The molecule has 3 aromatic rings. The van der Waals surface area contributed by atoms with E-state index in [0.717, 1.165) is 0 Å². The predicted octanol–water partition coefficient (Wildman–Crippen LogP) is 3.83. The van der Waals surface area contributed by atoms with Crippen LogP contribution in [0.4, 0.5) is 4.39 Å². The van der Waals surface area contributed by atoms with Crippen molar-refractivity contribution >= 4 is 27.5 Å². The van der Waals surface area contributed by atoms with Gasteiger partial charge < -0.3 is 4.42 Å². The number of amides is 1. The molecule has 0 aliphatic rings. The maximum atomic E-state index is 13.6. The molecule has 0 saturated carbocycles. The molecule has 3 N–H and O–H groups in total. The molecule has 3 rings (SSSR count). The first-order valence-corrected chi connectivity index (χ1v) is 10.7. The summed E-state index contributed by atoms with van der Waals surface area (Å²) in [5, 5.41) is 14.9.